The molecule has 1 aliphatic carbocycles. The Hall–Kier alpha value is -0.900. The number of pyridine rings is 1. The zero-order valence-corrected chi connectivity index (χ0v) is 13.1. The van der Waals surface area contributed by atoms with Crippen LogP contribution in [-0.4, -0.2) is 22.9 Å². The molecular weight excluding hydrogens is 306 g/mol. The van der Waals surface area contributed by atoms with Crippen LogP contribution in [0.2, 0.25) is 0 Å². The summed E-state index contributed by atoms with van der Waals surface area (Å²) in [4.78, 5) is 16.6. The lowest BCUT2D eigenvalue weighted by Gasteiger charge is -2.16. The molecule has 0 saturated carbocycles. The number of hydrogen-bond acceptors (Lipinski definition) is 3. The minimum absolute atomic E-state index is 0.255. The normalized spacial score (nSPS) is 18.6. The van der Waals surface area contributed by atoms with Crippen molar-refractivity contribution in [1.29, 1.82) is 0 Å². The molecular formula is C15H20BrNO2. The topological polar surface area (TPSA) is 39.2 Å². The summed E-state index contributed by atoms with van der Waals surface area (Å²) >= 11 is 3.58. The maximum Gasteiger partial charge on any atom is 0.339 e. The van der Waals surface area contributed by atoms with Crippen LogP contribution in [0, 0.1) is 6.92 Å². The quantitative estimate of drug-likeness (QED) is 0.482. The Bertz CT molecular complexity index is 473. The molecule has 0 spiro atoms. The second-order valence-corrected chi connectivity index (χ2v) is 5.63. The van der Waals surface area contributed by atoms with E-state index in [1.165, 1.54) is 30.5 Å². The zero-order chi connectivity index (χ0) is 13.8. The standard InChI is InChI=1S/C15H20BrNO2/c1-3-19-15(18)13-8-11-6-4-5-7-12(9-16)14(11)17-10(13)2/h8,12H,3-7,9H2,1-2H3. The van der Waals surface area contributed by atoms with E-state index in [-0.39, 0.29) is 5.97 Å². The van der Waals surface area contributed by atoms with Crippen LogP contribution >= 0.6 is 15.9 Å². The molecule has 1 heterocycles. The van der Waals surface area contributed by atoms with Crippen molar-refractivity contribution < 1.29 is 9.53 Å². The smallest absolute Gasteiger partial charge is 0.339 e. The van der Waals surface area contributed by atoms with E-state index in [1.54, 1.807) is 0 Å². The predicted octanol–water partition coefficient (Wildman–Crippen LogP) is 3.77. The molecule has 1 aromatic heterocycles. The van der Waals surface area contributed by atoms with Crippen molar-refractivity contribution >= 4 is 21.9 Å². The van der Waals surface area contributed by atoms with Gasteiger partial charge in [-0.1, -0.05) is 22.4 Å². The number of fused-ring (bicyclic) bond motifs is 1. The number of carbonyl (C=O) groups is 1. The molecule has 3 nitrogen and oxygen atoms in total. The minimum atomic E-state index is -0.255. The van der Waals surface area contributed by atoms with Gasteiger partial charge in [0.1, 0.15) is 0 Å². The number of aryl methyl sites for hydroxylation is 2. The first-order chi connectivity index (χ1) is 9.17. The van der Waals surface area contributed by atoms with Gasteiger partial charge in [0, 0.05) is 16.9 Å². The van der Waals surface area contributed by atoms with Crippen molar-refractivity contribution in [2.24, 2.45) is 0 Å². The monoisotopic (exact) mass is 325 g/mol. The van der Waals surface area contributed by atoms with Gasteiger partial charge in [-0.05, 0) is 44.7 Å². The molecule has 0 bridgehead atoms. The molecule has 0 radical (unpaired) electrons. The summed E-state index contributed by atoms with van der Waals surface area (Å²) in [5, 5.41) is 0.936. The fourth-order valence-corrected chi connectivity index (χ4v) is 3.26. The highest BCUT2D eigenvalue weighted by atomic mass is 79.9. The molecule has 0 aliphatic heterocycles. The van der Waals surface area contributed by atoms with Gasteiger partial charge < -0.3 is 4.74 Å². The van der Waals surface area contributed by atoms with Gasteiger partial charge in [0.15, 0.2) is 0 Å². The maximum absolute atomic E-state index is 11.9. The van der Waals surface area contributed by atoms with E-state index in [1.807, 2.05) is 19.9 Å². The summed E-state index contributed by atoms with van der Waals surface area (Å²) in [6.07, 6.45) is 4.58. The van der Waals surface area contributed by atoms with Crippen molar-refractivity contribution in [3.8, 4) is 0 Å². The van der Waals surface area contributed by atoms with E-state index in [9.17, 15) is 4.79 Å². The third-order valence-corrected chi connectivity index (χ3v) is 4.42. The van der Waals surface area contributed by atoms with Crippen molar-refractivity contribution in [2.45, 2.75) is 45.4 Å². The Kier molecular flexibility index (Phi) is 4.97. The van der Waals surface area contributed by atoms with Gasteiger partial charge in [-0.3, -0.25) is 4.98 Å². The Morgan fingerprint density at radius 3 is 3.00 bits per heavy atom. The van der Waals surface area contributed by atoms with Crippen LogP contribution in [0.5, 0.6) is 0 Å². The highest BCUT2D eigenvalue weighted by Gasteiger charge is 2.22. The molecule has 1 unspecified atom stereocenters. The highest BCUT2D eigenvalue weighted by molar-refractivity contribution is 9.09. The van der Waals surface area contributed by atoms with Gasteiger partial charge in [0.05, 0.1) is 17.9 Å². The first kappa shape index (κ1) is 14.5. The van der Waals surface area contributed by atoms with Gasteiger partial charge in [0.2, 0.25) is 0 Å². The number of esters is 1. The lowest BCUT2D eigenvalue weighted by Crippen LogP contribution is -2.13. The number of halogens is 1. The maximum atomic E-state index is 11.9. The van der Waals surface area contributed by atoms with Gasteiger partial charge >= 0.3 is 5.97 Å². The molecule has 0 aromatic carbocycles. The van der Waals surface area contributed by atoms with Crippen LogP contribution in [-0.2, 0) is 11.2 Å². The summed E-state index contributed by atoms with van der Waals surface area (Å²) in [5.74, 6) is 0.211. The number of carbonyl (C=O) groups excluding carboxylic acids is 1. The third-order valence-electron chi connectivity index (χ3n) is 3.64. The summed E-state index contributed by atoms with van der Waals surface area (Å²) in [7, 11) is 0. The third kappa shape index (κ3) is 3.16. The molecule has 1 aromatic rings. The average molecular weight is 326 g/mol. The lowest BCUT2D eigenvalue weighted by atomic mass is 9.98. The molecule has 2 rings (SSSR count). The Labute approximate surface area is 122 Å². The Balaban J connectivity index is 2.41. The molecule has 1 aliphatic rings. The molecule has 104 valence electrons. The lowest BCUT2D eigenvalue weighted by molar-refractivity contribution is 0.0524. The average Bonchev–Trinajstić information content (AvgIpc) is 2.59. The van der Waals surface area contributed by atoms with Crippen LogP contribution in [0.3, 0.4) is 0 Å². The van der Waals surface area contributed by atoms with E-state index in [2.05, 4.69) is 15.9 Å². The number of hydrogen-bond donors (Lipinski definition) is 0. The SMILES string of the molecule is CCOC(=O)c1cc2c(nc1C)C(CBr)CCCC2. The molecule has 0 amide bonds. The van der Waals surface area contributed by atoms with Crippen LogP contribution in [0.25, 0.3) is 0 Å². The largest absolute Gasteiger partial charge is 0.462 e. The Morgan fingerprint density at radius 1 is 1.53 bits per heavy atom. The van der Waals surface area contributed by atoms with Gasteiger partial charge in [-0.25, -0.2) is 4.79 Å². The van der Waals surface area contributed by atoms with E-state index in [0.717, 1.165) is 17.4 Å². The fourth-order valence-electron chi connectivity index (χ4n) is 2.63. The van der Waals surface area contributed by atoms with E-state index in [0.29, 0.717) is 18.1 Å². The van der Waals surface area contributed by atoms with Crippen LogP contribution in [0.4, 0.5) is 0 Å². The predicted molar refractivity (Wildman–Crippen MR) is 79.0 cm³/mol. The number of rotatable bonds is 3. The molecule has 19 heavy (non-hydrogen) atoms. The summed E-state index contributed by atoms with van der Waals surface area (Å²) in [6, 6.07) is 2.00. The molecule has 0 N–H and O–H groups in total. The molecule has 0 saturated heterocycles. The van der Waals surface area contributed by atoms with Crippen LogP contribution in [0.15, 0.2) is 6.07 Å². The van der Waals surface area contributed by atoms with E-state index < -0.39 is 0 Å². The second kappa shape index (κ2) is 6.51. The van der Waals surface area contributed by atoms with Gasteiger partial charge in [0.25, 0.3) is 0 Å². The van der Waals surface area contributed by atoms with Crippen LogP contribution in [0.1, 0.15) is 59.4 Å². The first-order valence-electron chi connectivity index (χ1n) is 6.90. The number of ether oxygens (including phenoxy) is 1. The van der Waals surface area contributed by atoms with E-state index >= 15 is 0 Å². The zero-order valence-electron chi connectivity index (χ0n) is 11.5. The molecule has 1 atom stereocenters. The van der Waals surface area contributed by atoms with Crippen molar-refractivity contribution in [1.82, 2.24) is 4.98 Å². The van der Waals surface area contributed by atoms with E-state index in [4.69, 9.17) is 9.72 Å². The highest BCUT2D eigenvalue weighted by Crippen LogP contribution is 2.31. The molecule has 4 heteroatoms. The number of nitrogens with zero attached hydrogens (tertiary/aromatic N) is 1. The van der Waals surface area contributed by atoms with Gasteiger partial charge in [-0.15, -0.1) is 0 Å². The van der Waals surface area contributed by atoms with Crippen molar-refractivity contribution in [2.75, 3.05) is 11.9 Å². The number of aromatic nitrogens is 1. The second-order valence-electron chi connectivity index (χ2n) is 4.98. The Morgan fingerprint density at radius 2 is 2.32 bits per heavy atom. The summed E-state index contributed by atoms with van der Waals surface area (Å²) in [6.45, 7) is 4.12. The summed E-state index contributed by atoms with van der Waals surface area (Å²) in [5.41, 5.74) is 3.79. The minimum Gasteiger partial charge on any atom is -0.462 e. The van der Waals surface area contributed by atoms with Crippen molar-refractivity contribution in [3.05, 3.63) is 28.6 Å². The molecule has 0 fully saturated rings. The first-order valence-corrected chi connectivity index (χ1v) is 8.03. The van der Waals surface area contributed by atoms with Gasteiger partial charge in [-0.2, -0.15) is 0 Å². The van der Waals surface area contributed by atoms with Crippen molar-refractivity contribution in [3.63, 3.8) is 0 Å². The fraction of sp³-hybridized carbons (Fsp3) is 0.600. The number of alkyl halides is 1. The summed E-state index contributed by atoms with van der Waals surface area (Å²) < 4.78 is 5.10. The van der Waals surface area contributed by atoms with Crippen LogP contribution < -0.4 is 0 Å².